The van der Waals surface area contributed by atoms with Gasteiger partial charge in [0.15, 0.2) is 0 Å². The highest BCUT2D eigenvalue weighted by atomic mass is 16.6. The molecule has 0 amide bonds. The van der Waals surface area contributed by atoms with Crippen molar-refractivity contribution < 1.29 is 23.7 Å². The van der Waals surface area contributed by atoms with Crippen molar-refractivity contribution in [3.05, 3.63) is 34.4 Å². The van der Waals surface area contributed by atoms with Gasteiger partial charge >= 0.3 is 0 Å². The number of hydrogen-bond donors (Lipinski definition) is 2. The quantitative estimate of drug-likeness (QED) is 0.356. The van der Waals surface area contributed by atoms with Crippen LogP contribution in [0.25, 0.3) is 0 Å². The number of hydrogen-bond acceptors (Lipinski definition) is 13. The fourth-order valence-corrected chi connectivity index (χ4v) is 2.52. The minimum Gasteiger partial charge on any atom is -0.474 e. The van der Waals surface area contributed by atoms with Gasteiger partial charge in [0.25, 0.3) is 0 Å². The lowest BCUT2D eigenvalue weighted by Gasteiger charge is -2.10. The lowest BCUT2D eigenvalue weighted by Crippen LogP contribution is -2.15. The summed E-state index contributed by atoms with van der Waals surface area (Å²) < 4.78 is 26.9. The molecule has 0 radical (unpaired) electrons. The number of aromatic nitrogens is 2. The Morgan fingerprint density at radius 2 is 0.857 bits per heavy atom. The van der Waals surface area contributed by atoms with Gasteiger partial charge in [-0.25, -0.2) is 0 Å². The van der Waals surface area contributed by atoms with Gasteiger partial charge in [0.05, 0.1) is 50.8 Å². The lowest BCUT2D eigenvalue weighted by molar-refractivity contribution is 0.00458. The molecule has 4 N–H and O–H groups in total. The van der Waals surface area contributed by atoms with Gasteiger partial charge in [-0.05, 0) is 12.1 Å². The average Bonchev–Trinajstić information content (AvgIpc) is 2.87. The summed E-state index contributed by atoms with van der Waals surface area (Å²) in [5.74, 6) is 0.0822. The van der Waals surface area contributed by atoms with Gasteiger partial charge in [-0.1, -0.05) is 0 Å². The Kier molecular flexibility index (Phi) is 11.0. The number of nitrogens with two attached hydrogens (primary N) is 2. The minimum atomic E-state index is -0.00728. The van der Waals surface area contributed by atoms with E-state index in [2.05, 4.69) is 9.97 Å². The van der Waals surface area contributed by atoms with E-state index < -0.39 is 0 Å². The van der Waals surface area contributed by atoms with E-state index in [1.165, 1.54) is 12.1 Å². The molecule has 0 bridgehead atoms. The Bertz CT molecular complexity index is 1090. The van der Waals surface area contributed by atoms with Crippen molar-refractivity contribution in [1.29, 1.82) is 21.0 Å². The summed E-state index contributed by atoms with van der Waals surface area (Å²) in [4.78, 5) is 7.83. The number of rotatable bonds is 14. The second-order valence-electron chi connectivity index (χ2n) is 6.53. The monoisotopic (exact) mass is 478 g/mol. The molecule has 2 aromatic rings. The second-order valence-corrected chi connectivity index (χ2v) is 6.53. The molecule has 2 heterocycles. The fourth-order valence-electron chi connectivity index (χ4n) is 2.52. The van der Waals surface area contributed by atoms with E-state index in [-0.39, 0.29) is 72.1 Å². The smallest absolute Gasteiger partial charge is 0.233 e. The van der Waals surface area contributed by atoms with Crippen molar-refractivity contribution in [3.8, 4) is 36.0 Å². The van der Waals surface area contributed by atoms with E-state index in [9.17, 15) is 0 Å². The van der Waals surface area contributed by atoms with Crippen molar-refractivity contribution in [2.24, 2.45) is 0 Å². The molecular formula is C22H22N8O5. The van der Waals surface area contributed by atoms with E-state index in [1.54, 1.807) is 0 Å². The van der Waals surface area contributed by atoms with Crippen LogP contribution in [0.5, 0.6) is 11.8 Å². The molecule has 0 aliphatic heterocycles. The van der Waals surface area contributed by atoms with Crippen LogP contribution in [0.3, 0.4) is 0 Å². The Morgan fingerprint density at radius 1 is 0.543 bits per heavy atom. The van der Waals surface area contributed by atoms with Crippen LogP contribution in [0.15, 0.2) is 12.1 Å². The Balaban J connectivity index is 1.51. The number of nitriles is 4. The maximum atomic E-state index is 9.11. The summed E-state index contributed by atoms with van der Waals surface area (Å²) in [5.41, 5.74) is 11.7. The first-order chi connectivity index (χ1) is 17.0. The van der Waals surface area contributed by atoms with E-state index >= 15 is 0 Å². The third-order valence-electron chi connectivity index (χ3n) is 4.19. The predicted molar refractivity (Wildman–Crippen MR) is 120 cm³/mol. The van der Waals surface area contributed by atoms with Crippen molar-refractivity contribution in [2.75, 3.05) is 64.3 Å². The summed E-state index contributed by atoms with van der Waals surface area (Å²) in [6.45, 7) is 2.08. The Labute approximate surface area is 201 Å². The maximum Gasteiger partial charge on any atom is 0.233 e. The first kappa shape index (κ1) is 26.6. The van der Waals surface area contributed by atoms with Crippen LogP contribution in [0.1, 0.15) is 22.3 Å². The third kappa shape index (κ3) is 8.32. The van der Waals surface area contributed by atoms with Gasteiger partial charge in [-0.2, -0.15) is 31.0 Å². The predicted octanol–water partition coefficient (Wildman–Crippen LogP) is 0.635. The highest BCUT2D eigenvalue weighted by Crippen LogP contribution is 2.21. The first-order valence-electron chi connectivity index (χ1n) is 10.2. The van der Waals surface area contributed by atoms with Gasteiger partial charge in [-0.3, -0.25) is 0 Å². The summed E-state index contributed by atoms with van der Waals surface area (Å²) in [6.07, 6.45) is 0. The van der Waals surface area contributed by atoms with Crippen LogP contribution >= 0.6 is 0 Å². The fraction of sp³-hybridized carbons (Fsp3) is 0.364. The normalized spacial score (nSPS) is 9.94. The number of nitrogens with zero attached hydrogens (tertiary/aromatic N) is 6. The van der Waals surface area contributed by atoms with Gasteiger partial charge in [0, 0.05) is 0 Å². The minimum absolute atomic E-state index is 0.00728. The average molecular weight is 478 g/mol. The summed E-state index contributed by atoms with van der Waals surface area (Å²) in [7, 11) is 0. The molecule has 0 unspecified atom stereocenters. The first-order valence-corrected chi connectivity index (χ1v) is 10.2. The highest BCUT2D eigenvalue weighted by molar-refractivity contribution is 5.56. The van der Waals surface area contributed by atoms with Crippen LogP contribution in [0.4, 0.5) is 11.6 Å². The van der Waals surface area contributed by atoms with Crippen LogP contribution in [-0.2, 0) is 14.2 Å². The molecule has 0 fully saturated rings. The van der Waals surface area contributed by atoms with Crippen molar-refractivity contribution in [2.45, 2.75) is 0 Å². The van der Waals surface area contributed by atoms with E-state index in [0.717, 1.165) is 0 Å². The third-order valence-corrected chi connectivity index (χ3v) is 4.19. The zero-order valence-corrected chi connectivity index (χ0v) is 18.7. The SMILES string of the molecule is N#Cc1cc(C#N)c(OCCOCCOCCOCCOc2nc(N)c(C#N)cc2C#N)nc1N. The molecule has 0 aliphatic rings. The second kappa shape index (κ2) is 14.5. The molecule has 13 heteroatoms. The molecule has 0 spiro atoms. The van der Waals surface area contributed by atoms with Gasteiger partial charge < -0.3 is 35.2 Å². The van der Waals surface area contributed by atoms with Crippen LogP contribution < -0.4 is 20.9 Å². The molecule has 0 atom stereocenters. The topological polar surface area (TPSA) is 219 Å². The lowest BCUT2D eigenvalue weighted by atomic mass is 10.2. The van der Waals surface area contributed by atoms with Crippen LogP contribution in [0, 0.1) is 45.3 Å². The molecule has 180 valence electrons. The molecule has 0 saturated heterocycles. The zero-order chi connectivity index (χ0) is 25.5. The van der Waals surface area contributed by atoms with Gasteiger partial charge in [0.1, 0.15) is 60.3 Å². The molecule has 0 aromatic carbocycles. The van der Waals surface area contributed by atoms with E-state index in [1.807, 2.05) is 24.3 Å². The molecule has 2 rings (SSSR count). The molecule has 13 nitrogen and oxygen atoms in total. The number of ether oxygens (including phenoxy) is 5. The molecular weight excluding hydrogens is 456 g/mol. The number of pyridine rings is 2. The Morgan fingerprint density at radius 3 is 1.17 bits per heavy atom. The molecule has 2 aromatic heterocycles. The van der Waals surface area contributed by atoms with Crippen molar-refractivity contribution in [1.82, 2.24) is 9.97 Å². The molecule has 0 aliphatic carbocycles. The number of nitrogen functional groups attached to an aromatic ring is 2. The Hall–Kier alpha value is -4.66. The van der Waals surface area contributed by atoms with Crippen LogP contribution in [0.2, 0.25) is 0 Å². The maximum absolute atomic E-state index is 9.11. The highest BCUT2D eigenvalue weighted by Gasteiger charge is 2.12. The van der Waals surface area contributed by atoms with Crippen molar-refractivity contribution in [3.63, 3.8) is 0 Å². The summed E-state index contributed by atoms with van der Waals surface area (Å²) in [5, 5.41) is 36.0. The standard InChI is InChI=1S/C22H22N8O5/c23-11-15-9-17(13-25)21(29-19(15)27)34-7-5-32-3-1-31-2-4-33-6-8-35-22-18(14-26)10-16(12-24)20(28)30-22/h9-10H,1-8H2,(H2,27,29)(H2,28,30). The van der Waals surface area contributed by atoms with E-state index in [4.69, 9.17) is 56.2 Å². The molecule has 0 saturated carbocycles. The zero-order valence-electron chi connectivity index (χ0n) is 18.7. The van der Waals surface area contributed by atoms with Gasteiger partial charge in [-0.15, -0.1) is 0 Å². The van der Waals surface area contributed by atoms with Gasteiger partial charge in [0.2, 0.25) is 11.8 Å². The van der Waals surface area contributed by atoms with Crippen LogP contribution in [-0.4, -0.2) is 62.8 Å². The van der Waals surface area contributed by atoms with Crippen molar-refractivity contribution >= 4 is 11.6 Å². The van der Waals surface area contributed by atoms with E-state index in [0.29, 0.717) is 26.4 Å². The largest absolute Gasteiger partial charge is 0.474 e. The molecule has 35 heavy (non-hydrogen) atoms. The number of anilines is 2. The summed E-state index contributed by atoms with van der Waals surface area (Å²) >= 11 is 0. The summed E-state index contributed by atoms with van der Waals surface area (Å²) in [6, 6.07) is 10.2.